The Hall–Kier alpha value is -2.53. The van der Waals surface area contributed by atoms with Crippen molar-refractivity contribution in [1.82, 2.24) is 15.1 Å². The number of anilines is 1. The number of hydrogen-bond acceptors (Lipinski definition) is 6. The second kappa shape index (κ2) is 10.9. The molecule has 1 aromatic carbocycles. The van der Waals surface area contributed by atoms with Crippen LogP contribution in [-0.2, 0) is 10.9 Å². The molecule has 0 spiro atoms. The maximum Gasteiger partial charge on any atom is 0.420 e. The number of ether oxygens (including phenoxy) is 2. The molecule has 1 saturated carbocycles. The van der Waals surface area contributed by atoms with Gasteiger partial charge in [0.15, 0.2) is 17.4 Å². The number of nitrogens with one attached hydrogen (secondary N) is 1. The second-order valence-corrected chi connectivity index (χ2v) is 11.0. The highest BCUT2D eigenvalue weighted by Gasteiger charge is 2.43. The molecule has 0 bridgehead atoms. The largest absolute Gasteiger partial charge is 0.488 e. The first kappa shape index (κ1) is 27.1. The van der Waals surface area contributed by atoms with Gasteiger partial charge in [-0.25, -0.2) is 8.78 Å². The van der Waals surface area contributed by atoms with Crippen LogP contribution in [0.3, 0.4) is 0 Å². The lowest BCUT2D eigenvalue weighted by Crippen LogP contribution is -2.32. The van der Waals surface area contributed by atoms with Gasteiger partial charge in [0.1, 0.15) is 11.4 Å². The summed E-state index contributed by atoms with van der Waals surface area (Å²) in [7, 11) is 0. The smallest absolute Gasteiger partial charge is 0.420 e. The summed E-state index contributed by atoms with van der Waals surface area (Å²) in [5.74, 6) is -1.03. The Bertz CT molecular complexity index is 1130. The molecule has 0 amide bonds. The summed E-state index contributed by atoms with van der Waals surface area (Å²) in [6, 6.07) is 2.17. The van der Waals surface area contributed by atoms with E-state index in [0.717, 1.165) is 76.7 Å². The van der Waals surface area contributed by atoms with Gasteiger partial charge in [-0.3, -0.25) is 0 Å². The molecule has 3 aliphatic rings. The van der Waals surface area contributed by atoms with Gasteiger partial charge in [-0.05, 0) is 69.4 Å². The van der Waals surface area contributed by atoms with Crippen LogP contribution in [0.4, 0.5) is 27.8 Å². The predicted octanol–water partition coefficient (Wildman–Crippen LogP) is 5.78. The van der Waals surface area contributed by atoms with Crippen molar-refractivity contribution in [3.05, 3.63) is 35.4 Å². The number of fused-ring (bicyclic) bond motifs is 1. The van der Waals surface area contributed by atoms with Crippen molar-refractivity contribution in [1.29, 1.82) is 0 Å². The molecule has 1 aromatic heterocycles. The Kier molecular flexibility index (Phi) is 7.77. The van der Waals surface area contributed by atoms with Crippen LogP contribution in [-0.4, -0.2) is 60.1 Å². The molecule has 2 atom stereocenters. The third-order valence-corrected chi connectivity index (χ3v) is 7.78. The number of rotatable bonds is 7. The van der Waals surface area contributed by atoms with Crippen molar-refractivity contribution >= 4 is 5.82 Å². The van der Waals surface area contributed by atoms with E-state index < -0.39 is 40.7 Å². The summed E-state index contributed by atoms with van der Waals surface area (Å²) in [5, 5.41) is 10.6. The minimum atomic E-state index is -4.75. The van der Waals surface area contributed by atoms with E-state index in [0.29, 0.717) is 17.8 Å². The fraction of sp³-hybridized carbons (Fsp3) is 0.630. The van der Waals surface area contributed by atoms with Crippen molar-refractivity contribution < 1.29 is 31.4 Å². The van der Waals surface area contributed by atoms with Gasteiger partial charge in [-0.15, -0.1) is 10.2 Å². The molecule has 2 unspecified atom stereocenters. The van der Waals surface area contributed by atoms with Gasteiger partial charge in [-0.1, -0.05) is 0 Å². The van der Waals surface area contributed by atoms with E-state index in [-0.39, 0.29) is 17.6 Å². The summed E-state index contributed by atoms with van der Waals surface area (Å²) in [5.41, 5.74) is -1.87. The van der Waals surface area contributed by atoms with E-state index in [9.17, 15) is 22.0 Å². The average Bonchev–Trinajstić information content (AvgIpc) is 3.39. The lowest BCUT2D eigenvalue weighted by atomic mass is 10.00. The molecule has 1 aliphatic carbocycles. The van der Waals surface area contributed by atoms with E-state index in [1.807, 2.05) is 0 Å². The standard InChI is InChI=1S/C27H33F5N4O2/c1-15(2)38-25-11-22(28)20(9-23(25)29)24-10-21(27(30,31)32)26(35-34-24)33-19-7-17-13-36(14-18(17)8-19)12-16-3-5-37-6-4-16/h9-11,15-19H,3-8,12-14H2,1-2H3,(H,33,35). The summed E-state index contributed by atoms with van der Waals surface area (Å²) in [4.78, 5) is 2.49. The number of nitrogens with zero attached hydrogens (tertiary/aromatic N) is 3. The highest BCUT2D eigenvalue weighted by molar-refractivity contribution is 5.64. The number of alkyl halides is 3. The Morgan fingerprint density at radius 3 is 2.34 bits per heavy atom. The molecule has 3 heterocycles. The van der Waals surface area contributed by atoms with E-state index in [2.05, 4.69) is 20.4 Å². The molecule has 1 N–H and O–H groups in total. The SMILES string of the molecule is CC(C)Oc1cc(F)c(-c2cc(C(F)(F)F)c(NC3CC4CN(CC5CCOCC5)CC4C3)nn2)cc1F. The second-order valence-electron chi connectivity index (χ2n) is 11.0. The third-order valence-electron chi connectivity index (χ3n) is 7.78. The van der Waals surface area contributed by atoms with Crippen LogP contribution in [0.25, 0.3) is 11.3 Å². The van der Waals surface area contributed by atoms with Crippen LogP contribution < -0.4 is 10.1 Å². The van der Waals surface area contributed by atoms with Gasteiger partial charge in [0.2, 0.25) is 0 Å². The van der Waals surface area contributed by atoms with Gasteiger partial charge in [-0.2, -0.15) is 13.2 Å². The summed E-state index contributed by atoms with van der Waals surface area (Å²) in [6.07, 6.45) is -1.48. The van der Waals surface area contributed by atoms with Crippen molar-refractivity contribution in [2.24, 2.45) is 17.8 Å². The highest BCUT2D eigenvalue weighted by atomic mass is 19.4. The average molecular weight is 541 g/mol. The molecule has 3 fully saturated rings. The minimum Gasteiger partial charge on any atom is -0.488 e. The Labute approximate surface area is 218 Å². The number of aromatic nitrogens is 2. The molecule has 2 aliphatic heterocycles. The first-order valence-corrected chi connectivity index (χ1v) is 13.2. The Morgan fingerprint density at radius 1 is 1.03 bits per heavy atom. The molecule has 11 heteroatoms. The first-order valence-electron chi connectivity index (χ1n) is 13.2. The molecular formula is C27H33F5N4O2. The van der Waals surface area contributed by atoms with E-state index in [1.165, 1.54) is 0 Å². The summed E-state index contributed by atoms with van der Waals surface area (Å²) >= 11 is 0. The zero-order valence-corrected chi connectivity index (χ0v) is 21.5. The normalized spacial score (nSPS) is 24.7. The number of likely N-dealkylation sites (tertiary alicyclic amines) is 1. The van der Waals surface area contributed by atoms with Gasteiger partial charge in [0, 0.05) is 50.5 Å². The van der Waals surface area contributed by atoms with Gasteiger partial charge in [0.25, 0.3) is 0 Å². The van der Waals surface area contributed by atoms with Gasteiger partial charge in [0.05, 0.1) is 11.8 Å². The maximum absolute atomic E-state index is 14.7. The molecule has 208 valence electrons. The zero-order chi connectivity index (χ0) is 27.0. The maximum atomic E-state index is 14.7. The highest BCUT2D eigenvalue weighted by Crippen LogP contribution is 2.42. The lowest BCUT2D eigenvalue weighted by Gasteiger charge is -2.28. The van der Waals surface area contributed by atoms with Crippen LogP contribution in [0.15, 0.2) is 18.2 Å². The van der Waals surface area contributed by atoms with Crippen molar-refractivity contribution in [3.63, 3.8) is 0 Å². The van der Waals surface area contributed by atoms with Crippen molar-refractivity contribution in [3.8, 4) is 17.0 Å². The molecule has 2 saturated heterocycles. The Morgan fingerprint density at radius 2 is 1.71 bits per heavy atom. The van der Waals surface area contributed by atoms with Crippen LogP contribution in [0.5, 0.6) is 5.75 Å². The van der Waals surface area contributed by atoms with Crippen LogP contribution in [0.1, 0.15) is 45.1 Å². The third kappa shape index (κ3) is 6.03. The van der Waals surface area contributed by atoms with Crippen molar-refractivity contribution in [2.75, 3.05) is 38.2 Å². The van der Waals surface area contributed by atoms with E-state index in [1.54, 1.807) is 13.8 Å². The summed E-state index contributed by atoms with van der Waals surface area (Å²) in [6.45, 7) is 7.91. The molecule has 6 nitrogen and oxygen atoms in total. The fourth-order valence-corrected chi connectivity index (χ4v) is 6.07. The zero-order valence-electron chi connectivity index (χ0n) is 21.5. The first-order chi connectivity index (χ1) is 18.1. The Balaban J connectivity index is 1.28. The number of hydrogen-bond donors (Lipinski definition) is 1. The number of halogens is 5. The van der Waals surface area contributed by atoms with Gasteiger partial charge >= 0.3 is 6.18 Å². The molecule has 2 aromatic rings. The van der Waals surface area contributed by atoms with Crippen LogP contribution in [0.2, 0.25) is 0 Å². The molecule has 38 heavy (non-hydrogen) atoms. The molecular weight excluding hydrogens is 507 g/mol. The molecule has 5 rings (SSSR count). The van der Waals surface area contributed by atoms with E-state index in [4.69, 9.17) is 9.47 Å². The van der Waals surface area contributed by atoms with Gasteiger partial charge < -0.3 is 19.7 Å². The monoisotopic (exact) mass is 540 g/mol. The topological polar surface area (TPSA) is 59.5 Å². The van der Waals surface area contributed by atoms with Crippen molar-refractivity contribution in [2.45, 2.75) is 57.9 Å². The fourth-order valence-electron chi connectivity index (χ4n) is 6.07. The summed E-state index contributed by atoms with van der Waals surface area (Å²) < 4.78 is 81.8. The minimum absolute atomic E-state index is 0.155. The lowest BCUT2D eigenvalue weighted by molar-refractivity contribution is -0.137. The number of benzene rings is 1. The van der Waals surface area contributed by atoms with Crippen LogP contribution in [0, 0.1) is 29.4 Å². The van der Waals surface area contributed by atoms with Crippen LogP contribution >= 0.6 is 0 Å². The van der Waals surface area contributed by atoms with E-state index >= 15 is 0 Å². The predicted molar refractivity (Wildman–Crippen MR) is 132 cm³/mol. The quantitative estimate of drug-likeness (QED) is 0.450. The molecule has 0 radical (unpaired) electrons.